The van der Waals surface area contributed by atoms with Crippen LogP contribution in [0.1, 0.15) is 50.2 Å². The largest absolute Gasteiger partial charge is 0.321 e. The molecule has 0 radical (unpaired) electrons. The van der Waals surface area contributed by atoms with Gasteiger partial charge in [0.2, 0.25) is 0 Å². The zero-order valence-electron chi connectivity index (χ0n) is 19.1. The van der Waals surface area contributed by atoms with Crippen molar-refractivity contribution in [2.45, 2.75) is 41.0 Å². The maximum atomic E-state index is 12.2. The quantitative estimate of drug-likeness (QED) is 0.480. The first-order valence-corrected chi connectivity index (χ1v) is 10.7. The van der Waals surface area contributed by atoms with Crippen molar-refractivity contribution >= 4 is 28.2 Å². The number of fused-ring (bicyclic) bond motifs is 1. The number of rotatable bonds is 2. The number of nitrogens with one attached hydrogen (secondary N) is 1. The minimum atomic E-state index is -0.195. The molecule has 3 aromatic rings. The van der Waals surface area contributed by atoms with Gasteiger partial charge in [-0.2, -0.15) is 0 Å². The van der Waals surface area contributed by atoms with Crippen LogP contribution < -0.4 is 5.32 Å². The highest BCUT2D eigenvalue weighted by molar-refractivity contribution is 6.04. The molecule has 4 nitrogen and oxygen atoms in total. The number of allylic oxidation sites excluding steroid dienone is 1. The van der Waals surface area contributed by atoms with Gasteiger partial charge >= 0.3 is 0 Å². The molecular formula is C27H31N3O. The number of carbonyl (C=O) groups excluding carboxylic acids is 1. The lowest BCUT2D eigenvalue weighted by Crippen LogP contribution is -2.15. The average molecular weight is 414 g/mol. The summed E-state index contributed by atoms with van der Waals surface area (Å²) in [6.07, 6.45) is 3.37. The molecule has 1 aromatic heterocycles. The Morgan fingerprint density at radius 3 is 2.29 bits per heavy atom. The van der Waals surface area contributed by atoms with Gasteiger partial charge in [-0.15, -0.1) is 0 Å². The van der Waals surface area contributed by atoms with Crippen molar-refractivity contribution in [3.05, 3.63) is 83.6 Å². The number of aryl methyl sites for hydroxylation is 1. The molecule has 0 bridgehead atoms. The number of benzene rings is 2. The number of nitrogens with zero attached hydrogens (tertiary/aromatic N) is 2. The molecule has 1 amide bonds. The summed E-state index contributed by atoms with van der Waals surface area (Å²) in [5, 5.41) is 3.88. The zero-order valence-corrected chi connectivity index (χ0v) is 19.1. The number of carbonyl (C=O) groups is 1. The Bertz CT molecular complexity index is 1120. The number of amides is 1. The van der Waals surface area contributed by atoms with Crippen LogP contribution >= 0.6 is 0 Å². The standard InChI is InChI=1S/C17H14N2O.C10H17N/c1-12-6-9-14(10-7-12)18-17(20)16-11-8-13-4-2-3-5-15(13)19-16;1-8-5-6-9(7-11-8)10(2,3)4/h2-11H,1H3,(H,18,20);6H,5,7H2,1-4H3. The van der Waals surface area contributed by atoms with Crippen LogP contribution in [0.2, 0.25) is 0 Å². The lowest BCUT2D eigenvalue weighted by atomic mass is 9.84. The van der Waals surface area contributed by atoms with Crippen LogP contribution in [0.15, 0.2) is 77.3 Å². The van der Waals surface area contributed by atoms with Gasteiger partial charge in [0.1, 0.15) is 5.69 Å². The third kappa shape index (κ3) is 6.35. The predicted molar refractivity (Wildman–Crippen MR) is 131 cm³/mol. The van der Waals surface area contributed by atoms with E-state index < -0.39 is 0 Å². The van der Waals surface area contributed by atoms with E-state index in [1.54, 1.807) is 6.07 Å². The van der Waals surface area contributed by atoms with Crippen molar-refractivity contribution in [3.8, 4) is 0 Å². The van der Waals surface area contributed by atoms with E-state index in [0.29, 0.717) is 11.1 Å². The molecule has 0 saturated carbocycles. The van der Waals surface area contributed by atoms with Crippen LogP contribution in [0.3, 0.4) is 0 Å². The SMILES string of the molecule is CC1=NCC(C(C)(C)C)=CC1.Cc1ccc(NC(=O)c2ccc3ccccc3n2)cc1. The Morgan fingerprint density at radius 1 is 0.935 bits per heavy atom. The monoisotopic (exact) mass is 413 g/mol. The highest BCUT2D eigenvalue weighted by atomic mass is 16.1. The van der Waals surface area contributed by atoms with Crippen LogP contribution in [0.4, 0.5) is 5.69 Å². The van der Waals surface area contributed by atoms with Crippen LogP contribution in [-0.4, -0.2) is 23.1 Å². The van der Waals surface area contributed by atoms with Crippen LogP contribution in [-0.2, 0) is 0 Å². The topological polar surface area (TPSA) is 54.4 Å². The third-order valence-corrected chi connectivity index (χ3v) is 5.27. The van der Waals surface area contributed by atoms with E-state index in [9.17, 15) is 4.79 Å². The highest BCUT2D eigenvalue weighted by Gasteiger charge is 2.17. The normalized spacial score (nSPS) is 13.6. The molecule has 0 fully saturated rings. The summed E-state index contributed by atoms with van der Waals surface area (Å²) >= 11 is 0. The Hall–Kier alpha value is -3.27. The van der Waals surface area contributed by atoms with Gasteiger partial charge in [-0.1, -0.05) is 68.8 Å². The van der Waals surface area contributed by atoms with Crippen molar-refractivity contribution in [3.63, 3.8) is 0 Å². The van der Waals surface area contributed by atoms with Gasteiger partial charge in [0.05, 0.1) is 12.1 Å². The summed E-state index contributed by atoms with van der Waals surface area (Å²) in [5.74, 6) is -0.195. The number of hydrogen-bond acceptors (Lipinski definition) is 3. The molecule has 1 aliphatic rings. The second kappa shape index (κ2) is 9.69. The Labute approximate surface area is 185 Å². The number of pyridine rings is 1. The number of hydrogen-bond donors (Lipinski definition) is 1. The van der Waals surface area contributed by atoms with E-state index in [4.69, 9.17) is 0 Å². The molecule has 0 spiro atoms. The first-order chi connectivity index (χ1) is 14.7. The predicted octanol–water partition coefficient (Wildman–Crippen LogP) is 6.62. The highest BCUT2D eigenvalue weighted by Crippen LogP contribution is 2.27. The number of dihydropyridines is 1. The zero-order chi connectivity index (χ0) is 22.4. The van der Waals surface area contributed by atoms with Gasteiger partial charge in [-0.3, -0.25) is 9.79 Å². The minimum absolute atomic E-state index is 0.195. The molecule has 4 rings (SSSR count). The summed E-state index contributed by atoms with van der Waals surface area (Å²) in [6, 6.07) is 19.1. The second-order valence-corrected chi connectivity index (χ2v) is 8.94. The molecule has 1 aliphatic heterocycles. The van der Waals surface area contributed by atoms with Crippen molar-refractivity contribution in [1.29, 1.82) is 0 Å². The van der Waals surface area contributed by atoms with Crippen molar-refractivity contribution < 1.29 is 4.79 Å². The second-order valence-electron chi connectivity index (χ2n) is 8.94. The first kappa shape index (κ1) is 22.4. The fourth-order valence-corrected chi connectivity index (χ4v) is 3.19. The van der Waals surface area contributed by atoms with E-state index in [1.165, 1.54) is 11.3 Å². The molecule has 1 N–H and O–H groups in total. The van der Waals surface area contributed by atoms with E-state index in [0.717, 1.165) is 35.1 Å². The fraction of sp³-hybridized carbons (Fsp3) is 0.296. The van der Waals surface area contributed by atoms with Crippen molar-refractivity contribution in [2.75, 3.05) is 11.9 Å². The number of aliphatic imine (C=N–C) groups is 1. The fourth-order valence-electron chi connectivity index (χ4n) is 3.19. The maximum absolute atomic E-state index is 12.2. The molecule has 2 aromatic carbocycles. The Balaban J connectivity index is 0.000000210. The van der Waals surface area contributed by atoms with Gasteiger partial charge in [-0.05, 0) is 49.1 Å². The number of aromatic nitrogens is 1. The lowest BCUT2D eigenvalue weighted by molar-refractivity contribution is 0.102. The summed E-state index contributed by atoms with van der Waals surface area (Å²) < 4.78 is 0. The molecule has 4 heteroatoms. The van der Waals surface area contributed by atoms with Gasteiger partial charge in [0.25, 0.3) is 5.91 Å². The minimum Gasteiger partial charge on any atom is -0.321 e. The summed E-state index contributed by atoms with van der Waals surface area (Å²) in [5.41, 5.74) is 6.22. The van der Waals surface area contributed by atoms with E-state index in [1.807, 2.05) is 61.5 Å². The van der Waals surface area contributed by atoms with E-state index >= 15 is 0 Å². The molecule has 0 atom stereocenters. The van der Waals surface area contributed by atoms with Gasteiger partial charge in [0, 0.05) is 23.2 Å². The summed E-state index contributed by atoms with van der Waals surface area (Å²) in [6.45, 7) is 11.8. The molecule has 0 aliphatic carbocycles. The smallest absolute Gasteiger partial charge is 0.274 e. The molecule has 2 heterocycles. The average Bonchev–Trinajstić information content (AvgIpc) is 2.75. The summed E-state index contributed by atoms with van der Waals surface area (Å²) in [4.78, 5) is 21.0. The molecule has 0 unspecified atom stereocenters. The van der Waals surface area contributed by atoms with Gasteiger partial charge in [-0.25, -0.2) is 4.98 Å². The van der Waals surface area contributed by atoms with Crippen LogP contribution in [0.25, 0.3) is 10.9 Å². The van der Waals surface area contributed by atoms with E-state index in [2.05, 4.69) is 49.1 Å². The maximum Gasteiger partial charge on any atom is 0.274 e. The number of anilines is 1. The number of para-hydroxylation sites is 1. The molecule has 31 heavy (non-hydrogen) atoms. The third-order valence-electron chi connectivity index (χ3n) is 5.27. The Morgan fingerprint density at radius 2 is 1.65 bits per heavy atom. The molecule has 160 valence electrons. The van der Waals surface area contributed by atoms with Crippen LogP contribution in [0.5, 0.6) is 0 Å². The van der Waals surface area contributed by atoms with Gasteiger partial charge < -0.3 is 5.32 Å². The first-order valence-electron chi connectivity index (χ1n) is 10.7. The van der Waals surface area contributed by atoms with Crippen molar-refractivity contribution in [1.82, 2.24) is 4.98 Å². The molecule has 0 saturated heterocycles. The lowest BCUT2D eigenvalue weighted by Gasteiger charge is -2.24. The van der Waals surface area contributed by atoms with E-state index in [-0.39, 0.29) is 5.91 Å². The molecular weight excluding hydrogens is 382 g/mol. The van der Waals surface area contributed by atoms with Crippen molar-refractivity contribution in [2.24, 2.45) is 10.4 Å². The van der Waals surface area contributed by atoms with Gasteiger partial charge in [0.15, 0.2) is 0 Å². The Kier molecular flexibility index (Phi) is 7.01. The van der Waals surface area contributed by atoms with Crippen LogP contribution in [0, 0.1) is 12.3 Å². The summed E-state index contributed by atoms with van der Waals surface area (Å²) in [7, 11) is 0.